The van der Waals surface area contributed by atoms with Crippen LogP contribution in [-0.2, 0) is 11.3 Å². The standard InChI is InChI=1S/C15H25N3O2/c1-13(2)20-15-14(4-3-5-17-15)12-16-6-7-18-8-10-19-11-9-18/h3-5,13,16H,6-12H2,1-2H3. The molecule has 0 bridgehead atoms. The zero-order valence-electron chi connectivity index (χ0n) is 12.5. The lowest BCUT2D eigenvalue weighted by molar-refractivity contribution is 0.0384. The van der Waals surface area contributed by atoms with E-state index in [1.807, 2.05) is 19.9 Å². The van der Waals surface area contributed by atoms with Crippen molar-refractivity contribution in [3.8, 4) is 5.88 Å². The number of nitrogens with one attached hydrogen (secondary N) is 1. The summed E-state index contributed by atoms with van der Waals surface area (Å²) in [6, 6.07) is 4.01. The maximum absolute atomic E-state index is 5.71. The predicted molar refractivity (Wildman–Crippen MR) is 79.0 cm³/mol. The second-order valence-corrected chi connectivity index (χ2v) is 5.27. The second-order valence-electron chi connectivity index (χ2n) is 5.27. The summed E-state index contributed by atoms with van der Waals surface area (Å²) in [5.74, 6) is 0.737. The summed E-state index contributed by atoms with van der Waals surface area (Å²) < 4.78 is 11.1. The van der Waals surface area contributed by atoms with Crippen LogP contribution in [0.2, 0.25) is 0 Å². The van der Waals surface area contributed by atoms with Gasteiger partial charge in [0, 0.05) is 44.5 Å². The molecule has 0 unspecified atom stereocenters. The Balaban J connectivity index is 1.73. The van der Waals surface area contributed by atoms with Crippen LogP contribution in [0.15, 0.2) is 18.3 Å². The fourth-order valence-corrected chi connectivity index (χ4v) is 2.17. The Morgan fingerprint density at radius 1 is 1.40 bits per heavy atom. The van der Waals surface area contributed by atoms with E-state index in [0.717, 1.165) is 57.4 Å². The number of pyridine rings is 1. The van der Waals surface area contributed by atoms with Crippen LogP contribution in [0.1, 0.15) is 19.4 Å². The van der Waals surface area contributed by atoms with E-state index in [1.165, 1.54) is 0 Å². The van der Waals surface area contributed by atoms with Gasteiger partial charge in [0.05, 0.1) is 19.3 Å². The highest BCUT2D eigenvalue weighted by Gasteiger charge is 2.10. The first-order chi connectivity index (χ1) is 9.75. The summed E-state index contributed by atoms with van der Waals surface area (Å²) >= 11 is 0. The molecule has 0 aromatic carbocycles. The Morgan fingerprint density at radius 3 is 2.95 bits per heavy atom. The van der Waals surface area contributed by atoms with Crippen LogP contribution < -0.4 is 10.1 Å². The summed E-state index contributed by atoms with van der Waals surface area (Å²) in [5.41, 5.74) is 1.11. The van der Waals surface area contributed by atoms with Gasteiger partial charge in [-0.05, 0) is 19.9 Å². The molecule has 20 heavy (non-hydrogen) atoms. The highest BCUT2D eigenvalue weighted by Crippen LogP contribution is 2.15. The molecule has 5 heteroatoms. The van der Waals surface area contributed by atoms with Gasteiger partial charge in [0.1, 0.15) is 0 Å². The summed E-state index contributed by atoms with van der Waals surface area (Å²) in [6.45, 7) is 10.6. The van der Waals surface area contributed by atoms with Gasteiger partial charge in [-0.3, -0.25) is 4.90 Å². The molecule has 2 heterocycles. The van der Waals surface area contributed by atoms with Gasteiger partial charge in [0.25, 0.3) is 0 Å². The topological polar surface area (TPSA) is 46.6 Å². The molecule has 0 spiro atoms. The van der Waals surface area contributed by atoms with Crippen LogP contribution in [0, 0.1) is 0 Å². The van der Waals surface area contributed by atoms with E-state index in [0.29, 0.717) is 0 Å². The molecule has 5 nitrogen and oxygen atoms in total. The van der Waals surface area contributed by atoms with Gasteiger partial charge < -0.3 is 14.8 Å². The largest absolute Gasteiger partial charge is 0.475 e. The van der Waals surface area contributed by atoms with Gasteiger partial charge in [-0.2, -0.15) is 0 Å². The van der Waals surface area contributed by atoms with Crippen LogP contribution in [0.3, 0.4) is 0 Å². The normalized spacial score (nSPS) is 16.6. The Bertz CT molecular complexity index is 392. The molecule has 0 aliphatic carbocycles. The number of nitrogens with zero attached hydrogens (tertiary/aromatic N) is 2. The van der Waals surface area contributed by atoms with Crippen LogP contribution in [-0.4, -0.2) is 55.4 Å². The quantitative estimate of drug-likeness (QED) is 0.762. The molecule has 1 N–H and O–H groups in total. The van der Waals surface area contributed by atoms with Crippen molar-refractivity contribution in [3.63, 3.8) is 0 Å². The van der Waals surface area contributed by atoms with Gasteiger partial charge in [-0.25, -0.2) is 4.98 Å². The fraction of sp³-hybridized carbons (Fsp3) is 0.667. The van der Waals surface area contributed by atoms with E-state index in [-0.39, 0.29) is 6.10 Å². The van der Waals surface area contributed by atoms with Crippen LogP contribution >= 0.6 is 0 Å². The molecule has 1 aromatic rings. The maximum Gasteiger partial charge on any atom is 0.218 e. The summed E-state index contributed by atoms with van der Waals surface area (Å²) in [6.07, 6.45) is 1.92. The van der Waals surface area contributed by atoms with Crippen LogP contribution in [0.5, 0.6) is 5.88 Å². The van der Waals surface area contributed by atoms with E-state index < -0.39 is 0 Å². The van der Waals surface area contributed by atoms with Gasteiger partial charge in [0.2, 0.25) is 5.88 Å². The first-order valence-corrected chi connectivity index (χ1v) is 7.37. The lowest BCUT2D eigenvalue weighted by atomic mass is 10.2. The van der Waals surface area contributed by atoms with Crippen molar-refractivity contribution < 1.29 is 9.47 Å². The molecule has 0 amide bonds. The molecule has 1 saturated heterocycles. The molecule has 0 saturated carbocycles. The van der Waals surface area contributed by atoms with Crippen molar-refractivity contribution in [2.24, 2.45) is 0 Å². The van der Waals surface area contributed by atoms with E-state index in [1.54, 1.807) is 6.20 Å². The van der Waals surface area contributed by atoms with E-state index >= 15 is 0 Å². The smallest absolute Gasteiger partial charge is 0.218 e. The Labute approximate surface area is 121 Å². The minimum absolute atomic E-state index is 0.150. The van der Waals surface area contributed by atoms with Crippen molar-refractivity contribution in [1.82, 2.24) is 15.2 Å². The SMILES string of the molecule is CC(C)Oc1ncccc1CNCCN1CCOCC1. The van der Waals surface area contributed by atoms with E-state index in [4.69, 9.17) is 9.47 Å². The number of aromatic nitrogens is 1. The molecular weight excluding hydrogens is 254 g/mol. The van der Waals surface area contributed by atoms with Gasteiger partial charge in [-0.15, -0.1) is 0 Å². The first kappa shape index (κ1) is 15.2. The monoisotopic (exact) mass is 279 g/mol. The third-order valence-electron chi connectivity index (χ3n) is 3.22. The zero-order valence-corrected chi connectivity index (χ0v) is 12.5. The zero-order chi connectivity index (χ0) is 14.2. The molecule has 0 radical (unpaired) electrons. The fourth-order valence-electron chi connectivity index (χ4n) is 2.17. The minimum atomic E-state index is 0.150. The van der Waals surface area contributed by atoms with Crippen molar-refractivity contribution in [3.05, 3.63) is 23.9 Å². The van der Waals surface area contributed by atoms with Crippen molar-refractivity contribution in [2.45, 2.75) is 26.5 Å². The molecule has 2 rings (SSSR count). The van der Waals surface area contributed by atoms with Gasteiger partial charge in [-0.1, -0.05) is 6.07 Å². The Hall–Kier alpha value is -1.17. The minimum Gasteiger partial charge on any atom is -0.475 e. The van der Waals surface area contributed by atoms with Gasteiger partial charge in [0.15, 0.2) is 0 Å². The average Bonchev–Trinajstić information content (AvgIpc) is 2.46. The molecular formula is C15H25N3O2. The van der Waals surface area contributed by atoms with E-state index in [9.17, 15) is 0 Å². The Kier molecular flexibility index (Phi) is 6.24. The maximum atomic E-state index is 5.71. The molecule has 1 aliphatic heterocycles. The number of hydrogen-bond donors (Lipinski definition) is 1. The third-order valence-corrected chi connectivity index (χ3v) is 3.22. The summed E-state index contributed by atoms with van der Waals surface area (Å²) in [5, 5.41) is 3.46. The van der Waals surface area contributed by atoms with Crippen LogP contribution in [0.25, 0.3) is 0 Å². The summed E-state index contributed by atoms with van der Waals surface area (Å²) in [7, 11) is 0. The highest BCUT2D eigenvalue weighted by atomic mass is 16.5. The number of morpholine rings is 1. The third kappa shape index (κ3) is 5.07. The molecule has 1 fully saturated rings. The molecule has 0 atom stereocenters. The average molecular weight is 279 g/mol. The molecule has 112 valence electrons. The summed E-state index contributed by atoms with van der Waals surface area (Å²) in [4.78, 5) is 6.72. The number of rotatable bonds is 7. The first-order valence-electron chi connectivity index (χ1n) is 7.37. The predicted octanol–water partition coefficient (Wildman–Crippen LogP) is 1.29. The second kappa shape index (κ2) is 8.19. The number of hydrogen-bond acceptors (Lipinski definition) is 5. The van der Waals surface area contributed by atoms with Crippen molar-refractivity contribution >= 4 is 0 Å². The Morgan fingerprint density at radius 2 is 2.20 bits per heavy atom. The van der Waals surface area contributed by atoms with Gasteiger partial charge >= 0.3 is 0 Å². The lowest BCUT2D eigenvalue weighted by Crippen LogP contribution is -2.40. The number of ether oxygens (including phenoxy) is 2. The molecule has 1 aliphatic rings. The van der Waals surface area contributed by atoms with Crippen molar-refractivity contribution in [1.29, 1.82) is 0 Å². The van der Waals surface area contributed by atoms with E-state index in [2.05, 4.69) is 21.3 Å². The highest BCUT2D eigenvalue weighted by molar-refractivity contribution is 5.25. The van der Waals surface area contributed by atoms with Crippen LogP contribution in [0.4, 0.5) is 0 Å². The molecule has 1 aromatic heterocycles. The lowest BCUT2D eigenvalue weighted by Gasteiger charge is -2.26. The van der Waals surface area contributed by atoms with Crippen molar-refractivity contribution in [2.75, 3.05) is 39.4 Å².